The van der Waals surface area contributed by atoms with Crippen LogP contribution in [0.25, 0.3) is 0 Å². The van der Waals surface area contributed by atoms with Crippen LogP contribution in [0.1, 0.15) is 43.6 Å². The number of sulfonamides is 1. The van der Waals surface area contributed by atoms with Gasteiger partial charge in [0.15, 0.2) is 8.32 Å². The van der Waals surface area contributed by atoms with Crippen molar-refractivity contribution < 1.29 is 17.6 Å². The van der Waals surface area contributed by atoms with Gasteiger partial charge in [0.2, 0.25) is 10.0 Å². The van der Waals surface area contributed by atoms with Crippen LogP contribution in [-0.4, -0.2) is 22.1 Å². The van der Waals surface area contributed by atoms with Gasteiger partial charge >= 0.3 is 0 Å². The van der Waals surface area contributed by atoms with Crippen molar-refractivity contribution in [3.63, 3.8) is 0 Å². The van der Waals surface area contributed by atoms with E-state index in [1.807, 2.05) is 48.5 Å². The molecule has 0 aliphatic heterocycles. The number of hydrogen-bond donors (Lipinski definition) is 1. The van der Waals surface area contributed by atoms with E-state index >= 15 is 0 Å². The highest BCUT2D eigenvalue weighted by Crippen LogP contribution is 2.40. The molecular weight excluding hydrogens is 482 g/mol. The van der Waals surface area contributed by atoms with Gasteiger partial charge in [0.1, 0.15) is 12.4 Å². The van der Waals surface area contributed by atoms with Crippen LogP contribution in [0.4, 0.5) is 0 Å². The lowest BCUT2D eigenvalue weighted by atomic mass is 10.1. The lowest BCUT2D eigenvalue weighted by molar-refractivity contribution is 0.208. The fourth-order valence-corrected chi connectivity index (χ4v) is 5.42. The lowest BCUT2D eigenvalue weighted by Gasteiger charge is -2.39. The Bertz CT molecular complexity index is 943. The zero-order chi connectivity index (χ0) is 22.6. The maximum absolute atomic E-state index is 11.8. The second kappa shape index (κ2) is 9.95. The fraction of sp³-hybridized carbons (Fsp3) is 0.455. The maximum atomic E-state index is 11.8. The van der Waals surface area contributed by atoms with Gasteiger partial charge in [-0.05, 0) is 41.4 Å². The predicted molar refractivity (Wildman–Crippen MR) is 129 cm³/mol. The van der Waals surface area contributed by atoms with Crippen LogP contribution in [0, 0.1) is 0 Å². The number of primary sulfonamides is 1. The summed E-state index contributed by atoms with van der Waals surface area (Å²) >= 11 is 3.56. The average Bonchev–Trinajstić information content (AvgIpc) is 2.63. The standard InChI is InChI=1S/C22H32BrNO4SSi/c1-22(2,3)30(4,5)28-21(14-23)18-11-12-20(19(13-18)16-29(24,25)26)27-15-17-9-7-6-8-10-17/h6-13,21H,14-16H2,1-5H3,(H2,24,25,26)/t21-/m0/s1. The van der Waals surface area contributed by atoms with Crippen molar-refractivity contribution in [1.82, 2.24) is 0 Å². The van der Waals surface area contributed by atoms with Crippen molar-refractivity contribution in [2.75, 3.05) is 5.33 Å². The first-order valence-electron chi connectivity index (χ1n) is 9.86. The third-order valence-corrected chi connectivity index (χ3v) is 11.2. The van der Waals surface area contributed by atoms with Gasteiger partial charge in [-0.25, -0.2) is 13.6 Å². The molecule has 0 unspecified atom stereocenters. The second-order valence-electron chi connectivity index (χ2n) is 8.97. The van der Waals surface area contributed by atoms with E-state index in [0.717, 1.165) is 11.1 Å². The average molecular weight is 515 g/mol. The SMILES string of the molecule is CC(C)(C)[Si](C)(C)O[C@@H](CBr)c1ccc(OCc2ccccc2)c(CS(N)(=O)=O)c1. The molecule has 0 spiro atoms. The van der Waals surface area contributed by atoms with E-state index in [2.05, 4.69) is 49.8 Å². The van der Waals surface area contributed by atoms with Crippen LogP contribution >= 0.6 is 15.9 Å². The smallest absolute Gasteiger partial charge is 0.213 e. The molecule has 2 rings (SSSR count). The molecule has 2 aromatic rings. The molecule has 0 saturated heterocycles. The quantitative estimate of drug-likeness (QED) is 0.354. The van der Waals surface area contributed by atoms with E-state index in [9.17, 15) is 8.42 Å². The molecule has 0 saturated carbocycles. The van der Waals surface area contributed by atoms with E-state index in [1.165, 1.54) is 0 Å². The minimum absolute atomic E-state index is 0.0651. The molecule has 0 aliphatic carbocycles. The van der Waals surface area contributed by atoms with E-state index in [4.69, 9.17) is 14.3 Å². The molecule has 0 heterocycles. The van der Waals surface area contributed by atoms with Gasteiger partial charge in [-0.3, -0.25) is 0 Å². The topological polar surface area (TPSA) is 78.6 Å². The first-order chi connectivity index (χ1) is 13.8. The zero-order valence-corrected chi connectivity index (χ0v) is 21.7. The monoisotopic (exact) mass is 513 g/mol. The minimum atomic E-state index is -3.71. The molecule has 0 bridgehead atoms. The normalized spacial score (nSPS) is 13.8. The first-order valence-corrected chi connectivity index (χ1v) is 15.6. The van der Waals surface area contributed by atoms with Gasteiger partial charge in [0.05, 0.1) is 11.9 Å². The summed E-state index contributed by atoms with van der Waals surface area (Å²) in [6, 6.07) is 15.3. The molecule has 5 nitrogen and oxygen atoms in total. The van der Waals surface area contributed by atoms with Crippen LogP contribution in [-0.2, 0) is 26.8 Å². The highest BCUT2D eigenvalue weighted by molar-refractivity contribution is 9.09. The fourth-order valence-electron chi connectivity index (χ4n) is 2.73. The molecule has 0 fully saturated rings. The van der Waals surface area contributed by atoms with Crippen molar-refractivity contribution in [1.29, 1.82) is 0 Å². The molecule has 0 radical (unpaired) electrons. The first kappa shape index (κ1) is 25.1. The van der Waals surface area contributed by atoms with E-state index < -0.39 is 18.3 Å². The summed E-state index contributed by atoms with van der Waals surface area (Å²) in [5.41, 5.74) is 2.45. The Balaban J connectivity index is 2.33. The molecule has 2 aromatic carbocycles. The van der Waals surface area contributed by atoms with Gasteiger partial charge < -0.3 is 9.16 Å². The molecule has 0 aromatic heterocycles. The number of hydrogen-bond acceptors (Lipinski definition) is 4. The number of benzene rings is 2. The van der Waals surface area contributed by atoms with Gasteiger partial charge in [-0.1, -0.05) is 73.1 Å². The number of halogens is 1. The van der Waals surface area contributed by atoms with Crippen molar-refractivity contribution in [2.45, 2.75) is 57.4 Å². The number of alkyl halides is 1. The molecule has 30 heavy (non-hydrogen) atoms. The van der Waals surface area contributed by atoms with Crippen LogP contribution in [0.15, 0.2) is 48.5 Å². The maximum Gasteiger partial charge on any atom is 0.213 e. The minimum Gasteiger partial charge on any atom is -0.489 e. The van der Waals surface area contributed by atoms with Crippen LogP contribution in [0.5, 0.6) is 5.75 Å². The Morgan fingerprint density at radius 2 is 1.73 bits per heavy atom. The molecule has 1 atom stereocenters. The summed E-state index contributed by atoms with van der Waals surface area (Å²) in [6.45, 7) is 11.3. The summed E-state index contributed by atoms with van der Waals surface area (Å²) in [6.07, 6.45) is -0.187. The molecule has 2 N–H and O–H groups in total. The highest BCUT2D eigenvalue weighted by atomic mass is 79.9. The van der Waals surface area contributed by atoms with Gasteiger partial charge in [0, 0.05) is 10.9 Å². The largest absolute Gasteiger partial charge is 0.489 e. The van der Waals surface area contributed by atoms with E-state index in [1.54, 1.807) is 0 Å². The summed E-state index contributed by atoms with van der Waals surface area (Å²) in [5, 5.41) is 6.02. The molecule has 8 heteroatoms. The van der Waals surface area contributed by atoms with Crippen molar-refractivity contribution in [3.05, 3.63) is 65.2 Å². The van der Waals surface area contributed by atoms with Gasteiger partial charge in [-0.15, -0.1) is 0 Å². The Kier molecular flexibility index (Phi) is 8.32. The molecule has 166 valence electrons. The molecule has 0 aliphatic rings. The number of nitrogens with two attached hydrogens (primary N) is 1. The summed E-state index contributed by atoms with van der Waals surface area (Å²) in [4.78, 5) is 0. The summed E-state index contributed by atoms with van der Waals surface area (Å²) in [7, 11) is -5.73. The zero-order valence-electron chi connectivity index (χ0n) is 18.3. The summed E-state index contributed by atoms with van der Waals surface area (Å²) < 4.78 is 36.1. The Morgan fingerprint density at radius 3 is 2.27 bits per heavy atom. The highest BCUT2D eigenvalue weighted by Gasteiger charge is 2.39. The third-order valence-electron chi connectivity index (χ3n) is 5.43. The van der Waals surface area contributed by atoms with Crippen molar-refractivity contribution >= 4 is 34.3 Å². The number of ether oxygens (including phenoxy) is 1. The second-order valence-corrected chi connectivity index (χ2v) is 16.0. The Morgan fingerprint density at radius 1 is 1.10 bits per heavy atom. The molecular formula is C22H32BrNO4SSi. The number of rotatable bonds is 9. The van der Waals surface area contributed by atoms with Gasteiger partial charge in [0.25, 0.3) is 0 Å². The predicted octanol–water partition coefficient (Wildman–Crippen LogP) is 5.51. The van der Waals surface area contributed by atoms with Crippen molar-refractivity contribution in [2.24, 2.45) is 5.14 Å². The third kappa shape index (κ3) is 7.20. The Labute approximate surface area is 190 Å². The van der Waals surface area contributed by atoms with Crippen LogP contribution in [0.3, 0.4) is 0 Å². The van der Waals surface area contributed by atoms with Crippen LogP contribution in [0.2, 0.25) is 18.1 Å². The van der Waals surface area contributed by atoms with E-state index in [0.29, 0.717) is 23.2 Å². The molecule has 0 amide bonds. The van der Waals surface area contributed by atoms with Crippen LogP contribution < -0.4 is 9.88 Å². The van der Waals surface area contributed by atoms with E-state index in [-0.39, 0.29) is 16.9 Å². The summed E-state index contributed by atoms with van der Waals surface area (Å²) in [5.74, 6) is 0.220. The lowest BCUT2D eigenvalue weighted by Crippen LogP contribution is -2.42. The van der Waals surface area contributed by atoms with Crippen molar-refractivity contribution in [3.8, 4) is 5.75 Å². The van der Waals surface area contributed by atoms with Gasteiger partial charge in [-0.2, -0.15) is 0 Å². The Hall–Kier alpha value is -1.19.